The number of rotatable bonds is 8. The summed E-state index contributed by atoms with van der Waals surface area (Å²) >= 11 is 1.59. The number of sulfone groups is 1. The Hall–Kier alpha value is -1.38. The number of anilines is 1. The maximum absolute atomic E-state index is 11.7. The van der Waals surface area contributed by atoms with E-state index in [1.54, 1.807) is 22.9 Å². The van der Waals surface area contributed by atoms with Crippen molar-refractivity contribution in [3.63, 3.8) is 0 Å². The van der Waals surface area contributed by atoms with Crippen LogP contribution in [-0.4, -0.2) is 47.5 Å². The van der Waals surface area contributed by atoms with Gasteiger partial charge in [-0.2, -0.15) is 5.10 Å². The maximum Gasteiger partial charge on any atom is 0.152 e. The fourth-order valence-corrected chi connectivity index (χ4v) is 3.90. The minimum Gasteiger partial charge on any atom is -0.394 e. The Morgan fingerprint density at radius 3 is 2.86 bits per heavy atom. The third-order valence-electron chi connectivity index (χ3n) is 3.20. The third kappa shape index (κ3) is 4.31. The summed E-state index contributed by atoms with van der Waals surface area (Å²) in [6, 6.07) is 5.59. The predicted molar refractivity (Wildman–Crippen MR) is 90.0 cm³/mol. The number of thiophene rings is 1. The first-order chi connectivity index (χ1) is 10.4. The zero-order chi connectivity index (χ0) is 16.2. The molecule has 1 atom stereocenters. The number of aliphatic hydroxyl groups excluding tert-OH is 1. The van der Waals surface area contributed by atoms with Crippen molar-refractivity contribution in [2.24, 2.45) is 0 Å². The molecule has 0 aliphatic carbocycles. The molecule has 1 unspecified atom stereocenters. The molecule has 2 rings (SSSR count). The number of aliphatic hydroxyl groups is 1. The van der Waals surface area contributed by atoms with Crippen LogP contribution in [-0.2, 0) is 16.4 Å². The molecular formula is C14H21N3O3S2. The monoisotopic (exact) mass is 343 g/mol. The van der Waals surface area contributed by atoms with Gasteiger partial charge in [-0.15, -0.1) is 11.3 Å². The van der Waals surface area contributed by atoms with Gasteiger partial charge in [-0.05, 0) is 18.4 Å². The second kappa shape index (κ2) is 7.26. The summed E-state index contributed by atoms with van der Waals surface area (Å²) in [4.78, 5) is 1.04. The molecule has 0 fully saturated rings. The lowest BCUT2D eigenvalue weighted by molar-refractivity contribution is 0.270. The van der Waals surface area contributed by atoms with E-state index in [-0.39, 0.29) is 24.2 Å². The Bertz CT molecular complexity index is 693. The van der Waals surface area contributed by atoms with Crippen LogP contribution in [0.1, 0.15) is 13.8 Å². The first-order valence-corrected chi connectivity index (χ1v) is 9.85. The summed E-state index contributed by atoms with van der Waals surface area (Å²) in [5.41, 5.74) is 0.816. The van der Waals surface area contributed by atoms with E-state index in [0.717, 1.165) is 16.4 Å². The summed E-state index contributed by atoms with van der Waals surface area (Å²) in [5, 5.41) is 18.8. The molecular weight excluding hydrogens is 322 g/mol. The largest absolute Gasteiger partial charge is 0.394 e. The van der Waals surface area contributed by atoms with Crippen LogP contribution in [0.3, 0.4) is 0 Å². The van der Waals surface area contributed by atoms with Crippen molar-refractivity contribution in [1.29, 1.82) is 0 Å². The molecule has 0 radical (unpaired) electrons. The Balaban J connectivity index is 2.18. The molecule has 6 nitrogen and oxygen atoms in total. The minimum atomic E-state index is -3.04. The van der Waals surface area contributed by atoms with E-state index in [1.807, 2.05) is 30.5 Å². The Labute approximate surface area is 134 Å². The quantitative estimate of drug-likeness (QED) is 0.764. The molecule has 0 aromatic carbocycles. The van der Waals surface area contributed by atoms with E-state index in [9.17, 15) is 8.42 Å². The summed E-state index contributed by atoms with van der Waals surface area (Å²) in [6.07, 6.45) is 0. The predicted octanol–water partition coefficient (Wildman–Crippen LogP) is 1.84. The molecule has 0 spiro atoms. The van der Waals surface area contributed by atoms with Crippen LogP contribution in [0.2, 0.25) is 0 Å². The van der Waals surface area contributed by atoms with Gasteiger partial charge in [-0.1, -0.05) is 13.0 Å². The lowest BCUT2D eigenvalue weighted by Gasteiger charge is -2.15. The second-order valence-corrected chi connectivity index (χ2v) is 8.43. The second-order valence-electron chi connectivity index (χ2n) is 5.08. The van der Waals surface area contributed by atoms with E-state index in [0.29, 0.717) is 6.54 Å². The highest BCUT2D eigenvalue weighted by Crippen LogP contribution is 2.26. The summed E-state index contributed by atoms with van der Waals surface area (Å²) < 4.78 is 25.1. The number of nitrogens with one attached hydrogen (secondary N) is 1. The highest BCUT2D eigenvalue weighted by Gasteiger charge is 2.16. The van der Waals surface area contributed by atoms with E-state index >= 15 is 0 Å². The van der Waals surface area contributed by atoms with E-state index in [4.69, 9.17) is 5.11 Å². The van der Waals surface area contributed by atoms with Crippen molar-refractivity contribution in [1.82, 2.24) is 9.78 Å². The standard InChI is InChI=1S/C14H21N3O3S2/c1-3-22(19,20)10-11(2)15-14-9-12(13-5-4-8-21-13)16-17(14)6-7-18/h4-5,8-9,11,15,18H,3,6-7,10H2,1-2H3. The maximum atomic E-state index is 11.7. The number of nitrogens with zero attached hydrogens (tertiary/aromatic N) is 2. The fraction of sp³-hybridized carbons (Fsp3) is 0.500. The molecule has 0 saturated heterocycles. The highest BCUT2D eigenvalue weighted by atomic mass is 32.2. The van der Waals surface area contributed by atoms with Gasteiger partial charge < -0.3 is 10.4 Å². The molecule has 2 N–H and O–H groups in total. The van der Waals surface area contributed by atoms with E-state index < -0.39 is 9.84 Å². The summed E-state index contributed by atoms with van der Waals surface area (Å²) in [6.45, 7) is 3.81. The van der Waals surface area contributed by atoms with Gasteiger partial charge in [0.05, 0.1) is 23.8 Å². The van der Waals surface area contributed by atoms with Gasteiger partial charge in [0.2, 0.25) is 0 Å². The van der Waals surface area contributed by atoms with Gasteiger partial charge in [0.25, 0.3) is 0 Å². The molecule has 0 aliphatic heterocycles. The van der Waals surface area contributed by atoms with Crippen LogP contribution < -0.4 is 5.32 Å². The molecule has 2 aromatic heterocycles. The lowest BCUT2D eigenvalue weighted by Crippen LogP contribution is -2.28. The van der Waals surface area contributed by atoms with Crippen molar-refractivity contribution in [2.45, 2.75) is 26.4 Å². The molecule has 0 amide bonds. The molecule has 2 aromatic rings. The summed E-state index contributed by atoms with van der Waals surface area (Å²) in [7, 11) is -3.04. The Morgan fingerprint density at radius 1 is 1.50 bits per heavy atom. The van der Waals surface area contributed by atoms with Gasteiger partial charge in [0.1, 0.15) is 11.5 Å². The van der Waals surface area contributed by atoms with Crippen LogP contribution in [0.25, 0.3) is 10.6 Å². The molecule has 2 heterocycles. The van der Waals surface area contributed by atoms with Gasteiger partial charge in [-0.3, -0.25) is 0 Å². The first-order valence-electron chi connectivity index (χ1n) is 7.14. The Morgan fingerprint density at radius 2 is 2.27 bits per heavy atom. The van der Waals surface area contributed by atoms with Gasteiger partial charge in [-0.25, -0.2) is 13.1 Å². The third-order valence-corrected chi connectivity index (χ3v) is 5.98. The topological polar surface area (TPSA) is 84.2 Å². The van der Waals surface area contributed by atoms with Crippen molar-refractivity contribution >= 4 is 27.0 Å². The normalized spacial score (nSPS) is 13.2. The molecule has 22 heavy (non-hydrogen) atoms. The number of hydrogen-bond donors (Lipinski definition) is 2. The molecule has 0 saturated carbocycles. The van der Waals surface area contributed by atoms with Gasteiger partial charge in [0, 0.05) is 17.9 Å². The average molecular weight is 343 g/mol. The van der Waals surface area contributed by atoms with Crippen molar-refractivity contribution < 1.29 is 13.5 Å². The van der Waals surface area contributed by atoms with Crippen LogP contribution in [0.4, 0.5) is 5.82 Å². The smallest absolute Gasteiger partial charge is 0.152 e. The van der Waals surface area contributed by atoms with Crippen molar-refractivity contribution in [2.75, 3.05) is 23.4 Å². The lowest BCUT2D eigenvalue weighted by atomic mass is 10.3. The van der Waals surface area contributed by atoms with Crippen LogP contribution in [0.5, 0.6) is 0 Å². The van der Waals surface area contributed by atoms with Crippen LogP contribution in [0.15, 0.2) is 23.6 Å². The van der Waals surface area contributed by atoms with Crippen LogP contribution >= 0.6 is 11.3 Å². The average Bonchev–Trinajstić information content (AvgIpc) is 3.09. The van der Waals surface area contributed by atoms with Crippen molar-refractivity contribution in [3.05, 3.63) is 23.6 Å². The molecule has 8 heteroatoms. The minimum absolute atomic E-state index is 0.0259. The molecule has 0 aliphatic rings. The number of aromatic nitrogens is 2. The van der Waals surface area contributed by atoms with Crippen LogP contribution in [0, 0.1) is 0 Å². The van der Waals surface area contributed by atoms with Gasteiger partial charge in [0.15, 0.2) is 9.84 Å². The summed E-state index contributed by atoms with van der Waals surface area (Å²) in [5.74, 6) is 0.925. The fourth-order valence-electron chi connectivity index (χ4n) is 2.14. The molecule has 122 valence electrons. The molecule has 0 bridgehead atoms. The van der Waals surface area contributed by atoms with Gasteiger partial charge >= 0.3 is 0 Å². The van der Waals surface area contributed by atoms with E-state index in [1.165, 1.54) is 0 Å². The highest BCUT2D eigenvalue weighted by molar-refractivity contribution is 7.91. The first kappa shape index (κ1) is 17.0. The zero-order valence-corrected chi connectivity index (χ0v) is 14.3. The van der Waals surface area contributed by atoms with E-state index in [2.05, 4.69) is 10.4 Å². The SMILES string of the molecule is CCS(=O)(=O)CC(C)Nc1cc(-c2cccs2)nn1CCO. The van der Waals surface area contributed by atoms with Crippen molar-refractivity contribution in [3.8, 4) is 10.6 Å². The zero-order valence-electron chi connectivity index (χ0n) is 12.7. The Kier molecular flexibility index (Phi) is 5.60. The number of hydrogen-bond acceptors (Lipinski definition) is 6.